The molecule has 1 spiro atoms. The van der Waals surface area contributed by atoms with Gasteiger partial charge in [-0.15, -0.1) is 0 Å². The van der Waals surface area contributed by atoms with E-state index in [0.717, 1.165) is 28.0 Å². The van der Waals surface area contributed by atoms with Gasteiger partial charge < -0.3 is 4.74 Å². The molecule has 7 rings (SSSR count). The lowest BCUT2D eigenvalue weighted by Gasteiger charge is -2.30. The minimum atomic E-state index is -0.536. The number of rotatable bonds is 3. The summed E-state index contributed by atoms with van der Waals surface area (Å²) in [5, 5.41) is 12.0. The molecule has 0 fully saturated rings. The molecule has 4 heteroatoms. The Kier molecular flexibility index (Phi) is 4.24. The number of fused-ring (bicyclic) bond motifs is 10. The summed E-state index contributed by atoms with van der Waals surface area (Å²) in [6.45, 7) is 0. The molecule has 36 heavy (non-hydrogen) atoms. The molecule has 0 amide bonds. The lowest BCUT2D eigenvalue weighted by molar-refractivity contribution is -0.384. The number of hydrogen-bond acceptors (Lipinski definition) is 3. The van der Waals surface area contributed by atoms with Crippen LogP contribution in [0, 0.1) is 10.1 Å². The van der Waals surface area contributed by atoms with E-state index in [1.54, 1.807) is 19.2 Å². The fourth-order valence-electron chi connectivity index (χ4n) is 6.38. The van der Waals surface area contributed by atoms with Crippen molar-refractivity contribution >= 4 is 5.69 Å². The molecule has 5 aromatic rings. The second kappa shape index (κ2) is 7.40. The molecule has 172 valence electrons. The largest absolute Gasteiger partial charge is 0.497 e. The number of nitro groups is 1. The topological polar surface area (TPSA) is 52.4 Å². The number of hydrogen-bond donors (Lipinski definition) is 0. The Morgan fingerprint density at radius 2 is 1.19 bits per heavy atom. The van der Waals surface area contributed by atoms with Crippen molar-refractivity contribution in [3.05, 3.63) is 142 Å². The van der Waals surface area contributed by atoms with Crippen molar-refractivity contribution in [1.29, 1.82) is 0 Å². The second-order valence-corrected chi connectivity index (χ2v) is 9.26. The third kappa shape index (κ3) is 2.48. The van der Waals surface area contributed by atoms with E-state index in [-0.39, 0.29) is 10.6 Å². The van der Waals surface area contributed by atoms with E-state index in [2.05, 4.69) is 60.7 Å². The molecular formula is C32H21NO3. The van der Waals surface area contributed by atoms with Gasteiger partial charge in [0.2, 0.25) is 0 Å². The van der Waals surface area contributed by atoms with Crippen LogP contribution in [0.4, 0.5) is 5.69 Å². The van der Waals surface area contributed by atoms with Gasteiger partial charge in [0.15, 0.2) is 0 Å². The lowest BCUT2D eigenvalue weighted by Crippen LogP contribution is -2.25. The van der Waals surface area contributed by atoms with Gasteiger partial charge in [-0.1, -0.05) is 84.9 Å². The highest BCUT2D eigenvalue weighted by atomic mass is 16.6. The zero-order valence-electron chi connectivity index (χ0n) is 19.6. The molecule has 0 bridgehead atoms. The van der Waals surface area contributed by atoms with Crippen molar-refractivity contribution in [1.82, 2.24) is 0 Å². The molecule has 5 aromatic carbocycles. The van der Waals surface area contributed by atoms with Crippen molar-refractivity contribution in [2.45, 2.75) is 5.41 Å². The maximum Gasteiger partial charge on any atom is 0.277 e. The van der Waals surface area contributed by atoms with Crippen LogP contribution < -0.4 is 4.74 Å². The predicted octanol–water partition coefficient (Wildman–Crippen LogP) is 7.61. The van der Waals surface area contributed by atoms with Crippen LogP contribution in [-0.2, 0) is 5.41 Å². The molecule has 0 saturated heterocycles. The first-order valence-electron chi connectivity index (χ1n) is 11.9. The van der Waals surface area contributed by atoms with Crippen LogP contribution in [0.25, 0.3) is 33.4 Å². The van der Waals surface area contributed by atoms with Gasteiger partial charge in [0.1, 0.15) is 5.75 Å². The van der Waals surface area contributed by atoms with Crippen LogP contribution in [0.1, 0.15) is 22.3 Å². The Bertz CT molecular complexity index is 1720. The minimum absolute atomic E-state index is 0.109. The van der Waals surface area contributed by atoms with E-state index in [1.165, 1.54) is 27.8 Å². The molecule has 2 aliphatic rings. The number of methoxy groups -OCH3 is 1. The average Bonchev–Trinajstić information content (AvgIpc) is 3.40. The summed E-state index contributed by atoms with van der Waals surface area (Å²) >= 11 is 0. The number of para-hydroxylation sites is 1. The van der Waals surface area contributed by atoms with Gasteiger partial charge in [0.05, 0.1) is 23.0 Å². The van der Waals surface area contributed by atoms with Crippen LogP contribution in [0.2, 0.25) is 0 Å². The highest BCUT2D eigenvalue weighted by molar-refractivity contribution is 6.00. The maximum absolute atomic E-state index is 12.0. The fraction of sp³-hybridized carbons (Fsp3) is 0.0625. The van der Waals surface area contributed by atoms with Crippen LogP contribution in [0.3, 0.4) is 0 Å². The van der Waals surface area contributed by atoms with Gasteiger partial charge in [-0.25, -0.2) is 0 Å². The monoisotopic (exact) mass is 467 g/mol. The zero-order valence-corrected chi connectivity index (χ0v) is 19.6. The second-order valence-electron chi connectivity index (χ2n) is 9.26. The summed E-state index contributed by atoms with van der Waals surface area (Å²) in [7, 11) is 1.69. The van der Waals surface area contributed by atoms with Gasteiger partial charge in [-0.3, -0.25) is 10.1 Å². The number of benzene rings is 5. The summed E-state index contributed by atoms with van der Waals surface area (Å²) in [4.78, 5) is 11.7. The zero-order chi connectivity index (χ0) is 24.4. The molecular weight excluding hydrogens is 446 g/mol. The summed E-state index contributed by atoms with van der Waals surface area (Å²) in [6, 6.07) is 36.6. The van der Waals surface area contributed by atoms with Crippen LogP contribution in [0.15, 0.2) is 109 Å². The average molecular weight is 468 g/mol. The Morgan fingerprint density at radius 3 is 1.94 bits per heavy atom. The molecule has 0 aromatic heterocycles. The van der Waals surface area contributed by atoms with Crippen molar-refractivity contribution in [3.63, 3.8) is 0 Å². The third-order valence-corrected chi connectivity index (χ3v) is 7.71. The van der Waals surface area contributed by atoms with Crippen LogP contribution >= 0.6 is 0 Å². The molecule has 0 N–H and O–H groups in total. The fourth-order valence-corrected chi connectivity index (χ4v) is 6.38. The van der Waals surface area contributed by atoms with Gasteiger partial charge in [-0.2, -0.15) is 0 Å². The molecule has 0 heterocycles. The maximum atomic E-state index is 12.0. The Balaban J connectivity index is 1.66. The van der Waals surface area contributed by atoms with Crippen molar-refractivity contribution in [2.75, 3.05) is 7.11 Å². The Hall–Kier alpha value is -4.70. The van der Waals surface area contributed by atoms with Gasteiger partial charge >= 0.3 is 0 Å². The van der Waals surface area contributed by atoms with Crippen molar-refractivity contribution in [3.8, 4) is 39.1 Å². The normalized spacial score (nSPS) is 16.2. The van der Waals surface area contributed by atoms with Crippen LogP contribution in [0.5, 0.6) is 5.75 Å². The van der Waals surface area contributed by atoms with Crippen molar-refractivity contribution in [2.24, 2.45) is 0 Å². The standard InChI is InChI=1S/C32H21NO3/c1-36-20-17-18-22-21-9-2-5-13-26(21)32(29(22)19-20)27-14-6-3-11-25(27)31-24(12-8-15-28(31)32)23-10-4-7-16-30(23)33(34)35/h2-19H,1H3. The smallest absolute Gasteiger partial charge is 0.277 e. The van der Waals surface area contributed by atoms with E-state index >= 15 is 0 Å². The van der Waals surface area contributed by atoms with Gasteiger partial charge in [-0.05, 0) is 68.3 Å². The quantitative estimate of drug-likeness (QED) is 0.198. The minimum Gasteiger partial charge on any atom is -0.497 e. The summed E-state index contributed by atoms with van der Waals surface area (Å²) in [5.41, 5.74) is 10.3. The van der Waals surface area contributed by atoms with E-state index < -0.39 is 5.41 Å². The Labute approximate surface area is 208 Å². The third-order valence-electron chi connectivity index (χ3n) is 7.71. The molecule has 0 saturated carbocycles. The van der Waals surface area contributed by atoms with E-state index in [4.69, 9.17) is 4.74 Å². The molecule has 2 aliphatic carbocycles. The molecule has 0 radical (unpaired) electrons. The highest BCUT2D eigenvalue weighted by Gasteiger charge is 2.52. The van der Waals surface area contributed by atoms with E-state index in [1.807, 2.05) is 36.4 Å². The number of nitro benzene ring substituents is 1. The van der Waals surface area contributed by atoms with Gasteiger partial charge in [0, 0.05) is 6.07 Å². The summed E-state index contributed by atoms with van der Waals surface area (Å²) in [5.74, 6) is 0.807. The molecule has 1 unspecified atom stereocenters. The summed E-state index contributed by atoms with van der Waals surface area (Å²) in [6.07, 6.45) is 0. The SMILES string of the molecule is COc1ccc2c(c1)C1(c3ccccc3-2)c2ccccc2-c2c(-c3ccccc3[N+](=O)[O-])cccc21. The molecule has 4 nitrogen and oxygen atoms in total. The van der Waals surface area contributed by atoms with Crippen molar-refractivity contribution < 1.29 is 9.66 Å². The first-order chi connectivity index (χ1) is 17.7. The first-order valence-corrected chi connectivity index (χ1v) is 11.9. The number of nitrogens with zero attached hydrogens (tertiary/aromatic N) is 1. The Morgan fingerprint density at radius 1 is 0.611 bits per heavy atom. The first kappa shape index (κ1) is 20.7. The van der Waals surface area contributed by atoms with Gasteiger partial charge in [0.25, 0.3) is 5.69 Å². The van der Waals surface area contributed by atoms with E-state index in [9.17, 15) is 10.1 Å². The summed E-state index contributed by atoms with van der Waals surface area (Å²) < 4.78 is 5.68. The lowest BCUT2D eigenvalue weighted by atomic mass is 9.70. The highest BCUT2D eigenvalue weighted by Crippen LogP contribution is 2.64. The molecule has 1 atom stereocenters. The predicted molar refractivity (Wildman–Crippen MR) is 141 cm³/mol. The molecule has 0 aliphatic heterocycles. The van der Waals surface area contributed by atoms with E-state index in [0.29, 0.717) is 5.56 Å². The van der Waals surface area contributed by atoms with Crippen LogP contribution in [-0.4, -0.2) is 12.0 Å². The number of ether oxygens (including phenoxy) is 1.